The maximum atomic E-state index is 14.9. The molecule has 0 aliphatic heterocycles. The first-order chi connectivity index (χ1) is 16.0. The quantitative estimate of drug-likeness (QED) is 0.314. The molecular formula is C29H30F4. The molecule has 1 aliphatic rings. The molecule has 3 aromatic carbocycles. The monoisotopic (exact) mass is 454 g/mol. The second-order valence-electron chi connectivity index (χ2n) is 9.23. The van der Waals surface area contributed by atoms with Gasteiger partial charge in [-0.15, -0.1) is 0 Å². The van der Waals surface area contributed by atoms with E-state index < -0.39 is 23.3 Å². The lowest BCUT2D eigenvalue weighted by molar-refractivity contribution is 0.380. The van der Waals surface area contributed by atoms with Crippen LogP contribution in [-0.4, -0.2) is 0 Å². The van der Waals surface area contributed by atoms with Crippen molar-refractivity contribution in [1.29, 1.82) is 0 Å². The Morgan fingerprint density at radius 2 is 1.30 bits per heavy atom. The summed E-state index contributed by atoms with van der Waals surface area (Å²) in [6.07, 6.45) is 6.39. The predicted octanol–water partition coefficient (Wildman–Crippen LogP) is 8.42. The maximum absolute atomic E-state index is 14.9. The van der Waals surface area contributed by atoms with Crippen LogP contribution < -0.4 is 0 Å². The van der Waals surface area contributed by atoms with E-state index in [0.717, 1.165) is 50.7 Å². The molecule has 0 radical (unpaired) electrons. The zero-order valence-electron chi connectivity index (χ0n) is 19.0. The van der Waals surface area contributed by atoms with Gasteiger partial charge in [-0.25, -0.2) is 17.6 Å². The summed E-state index contributed by atoms with van der Waals surface area (Å²) >= 11 is 0. The van der Waals surface area contributed by atoms with E-state index in [2.05, 4.69) is 31.2 Å². The van der Waals surface area contributed by atoms with Crippen molar-refractivity contribution in [1.82, 2.24) is 0 Å². The molecule has 3 aromatic rings. The number of hydrogen-bond donors (Lipinski definition) is 0. The summed E-state index contributed by atoms with van der Waals surface area (Å²) in [7, 11) is 0. The molecule has 0 saturated heterocycles. The molecule has 1 fully saturated rings. The molecule has 0 atom stereocenters. The lowest BCUT2D eigenvalue weighted by Crippen LogP contribution is -2.14. The van der Waals surface area contributed by atoms with Crippen molar-refractivity contribution in [2.24, 2.45) is 0 Å². The highest BCUT2D eigenvalue weighted by Crippen LogP contribution is 2.41. The molecule has 1 saturated carbocycles. The summed E-state index contributed by atoms with van der Waals surface area (Å²) in [4.78, 5) is 0. The van der Waals surface area contributed by atoms with Crippen LogP contribution in [0.2, 0.25) is 0 Å². The molecule has 33 heavy (non-hydrogen) atoms. The van der Waals surface area contributed by atoms with Gasteiger partial charge in [0.15, 0.2) is 23.3 Å². The van der Waals surface area contributed by atoms with Gasteiger partial charge in [-0.1, -0.05) is 55.8 Å². The second kappa shape index (κ2) is 10.5. The lowest BCUT2D eigenvalue weighted by Gasteiger charge is -2.29. The van der Waals surface area contributed by atoms with Crippen molar-refractivity contribution in [3.05, 3.63) is 106 Å². The minimum absolute atomic E-state index is 0.0235. The van der Waals surface area contributed by atoms with Gasteiger partial charge in [-0.05, 0) is 96.7 Å². The largest absolute Gasteiger partial charge is 0.204 e. The first kappa shape index (κ1) is 23.5. The van der Waals surface area contributed by atoms with Gasteiger partial charge < -0.3 is 0 Å². The summed E-state index contributed by atoms with van der Waals surface area (Å²) < 4.78 is 56.2. The first-order valence-electron chi connectivity index (χ1n) is 12.0. The van der Waals surface area contributed by atoms with Crippen LogP contribution in [-0.2, 0) is 19.3 Å². The normalized spacial score (nSPS) is 18.5. The molecule has 1 aliphatic carbocycles. The van der Waals surface area contributed by atoms with Crippen LogP contribution in [0.25, 0.3) is 0 Å². The smallest absolute Gasteiger partial charge is 0.162 e. The van der Waals surface area contributed by atoms with Gasteiger partial charge in [-0.3, -0.25) is 0 Å². The summed E-state index contributed by atoms with van der Waals surface area (Å²) in [5.74, 6) is -2.92. The van der Waals surface area contributed by atoms with E-state index in [-0.39, 0.29) is 17.9 Å². The van der Waals surface area contributed by atoms with Gasteiger partial charge in [-0.2, -0.15) is 0 Å². The average molecular weight is 455 g/mol. The van der Waals surface area contributed by atoms with E-state index in [1.807, 2.05) is 0 Å². The highest BCUT2D eigenvalue weighted by molar-refractivity contribution is 5.32. The lowest BCUT2D eigenvalue weighted by atomic mass is 9.75. The van der Waals surface area contributed by atoms with Crippen molar-refractivity contribution in [2.45, 2.75) is 70.1 Å². The third-order valence-electron chi connectivity index (χ3n) is 7.02. The van der Waals surface area contributed by atoms with Crippen molar-refractivity contribution in [3.63, 3.8) is 0 Å². The molecule has 0 nitrogen and oxygen atoms in total. The van der Waals surface area contributed by atoms with Crippen LogP contribution in [0.3, 0.4) is 0 Å². The summed E-state index contributed by atoms with van der Waals surface area (Å²) in [5.41, 5.74) is 3.98. The summed E-state index contributed by atoms with van der Waals surface area (Å²) in [6.45, 7) is 2.18. The summed E-state index contributed by atoms with van der Waals surface area (Å²) in [5, 5.41) is 0. The minimum Gasteiger partial charge on any atom is -0.204 e. The third-order valence-corrected chi connectivity index (χ3v) is 7.02. The van der Waals surface area contributed by atoms with E-state index in [0.29, 0.717) is 23.5 Å². The molecule has 0 heterocycles. The van der Waals surface area contributed by atoms with Crippen LogP contribution in [0.15, 0.2) is 54.6 Å². The Hall–Kier alpha value is -2.62. The van der Waals surface area contributed by atoms with Gasteiger partial charge in [0, 0.05) is 0 Å². The third kappa shape index (κ3) is 5.48. The molecule has 0 amide bonds. The Balaban J connectivity index is 1.38. The molecule has 4 rings (SSSR count). The van der Waals surface area contributed by atoms with Gasteiger partial charge in [0.25, 0.3) is 0 Å². The summed E-state index contributed by atoms with van der Waals surface area (Å²) in [6, 6.07) is 15.8. The number of benzene rings is 3. The number of rotatable bonds is 7. The van der Waals surface area contributed by atoms with Crippen molar-refractivity contribution in [3.8, 4) is 0 Å². The number of aryl methyl sites for hydroxylation is 3. The Kier molecular flexibility index (Phi) is 7.52. The topological polar surface area (TPSA) is 0 Å². The predicted molar refractivity (Wildman–Crippen MR) is 125 cm³/mol. The molecule has 0 bridgehead atoms. The zero-order chi connectivity index (χ0) is 23.4. The van der Waals surface area contributed by atoms with Crippen LogP contribution in [0.1, 0.15) is 78.7 Å². The standard InChI is InChI=1S/C29H30F4/c1-2-3-19-4-8-21(9-5-19)22-11-13-23(14-12-22)25-16-15-24(28(32)29(25)33)10-6-20-7-17-26(30)27(31)18-20/h4-5,7-9,15-18,22-23H,2-3,6,10-14H2,1H3. The Morgan fingerprint density at radius 3 is 1.97 bits per heavy atom. The van der Waals surface area contributed by atoms with E-state index in [9.17, 15) is 17.6 Å². The van der Waals surface area contributed by atoms with E-state index in [1.54, 1.807) is 12.1 Å². The maximum Gasteiger partial charge on any atom is 0.162 e. The van der Waals surface area contributed by atoms with Crippen LogP contribution >= 0.6 is 0 Å². The van der Waals surface area contributed by atoms with Gasteiger partial charge >= 0.3 is 0 Å². The molecule has 0 N–H and O–H groups in total. The minimum atomic E-state index is -0.929. The van der Waals surface area contributed by atoms with Crippen molar-refractivity contribution < 1.29 is 17.6 Å². The SMILES string of the molecule is CCCc1ccc(C2CCC(c3ccc(CCc4ccc(F)c(F)c4)c(F)c3F)CC2)cc1. The number of hydrogen-bond acceptors (Lipinski definition) is 0. The fraction of sp³-hybridized carbons (Fsp3) is 0.379. The molecule has 0 aromatic heterocycles. The molecular weight excluding hydrogens is 424 g/mol. The van der Waals surface area contributed by atoms with E-state index in [4.69, 9.17) is 0 Å². The van der Waals surface area contributed by atoms with Gasteiger partial charge in [0.1, 0.15) is 0 Å². The highest BCUT2D eigenvalue weighted by atomic mass is 19.2. The highest BCUT2D eigenvalue weighted by Gasteiger charge is 2.27. The van der Waals surface area contributed by atoms with E-state index in [1.165, 1.54) is 17.2 Å². The fourth-order valence-corrected chi connectivity index (χ4v) is 5.07. The molecule has 174 valence electrons. The first-order valence-corrected chi connectivity index (χ1v) is 12.0. The van der Waals surface area contributed by atoms with Gasteiger partial charge in [0.05, 0.1) is 0 Å². The number of halogens is 4. The molecule has 4 heteroatoms. The zero-order valence-corrected chi connectivity index (χ0v) is 19.0. The van der Waals surface area contributed by atoms with Crippen LogP contribution in [0.4, 0.5) is 17.6 Å². The van der Waals surface area contributed by atoms with Crippen LogP contribution in [0, 0.1) is 23.3 Å². The van der Waals surface area contributed by atoms with E-state index >= 15 is 0 Å². The Bertz CT molecular complexity index is 1080. The average Bonchev–Trinajstić information content (AvgIpc) is 2.83. The van der Waals surface area contributed by atoms with Crippen molar-refractivity contribution >= 4 is 0 Å². The Labute approximate surface area is 193 Å². The molecule has 0 unspecified atom stereocenters. The van der Waals surface area contributed by atoms with Gasteiger partial charge in [0.2, 0.25) is 0 Å². The van der Waals surface area contributed by atoms with Crippen molar-refractivity contribution in [2.75, 3.05) is 0 Å². The Morgan fingerprint density at radius 1 is 0.636 bits per heavy atom. The van der Waals surface area contributed by atoms with Crippen LogP contribution in [0.5, 0.6) is 0 Å². The fourth-order valence-electron chi connectivity index (χ4n) is 5.07. The molecule has 0 spiro atoms. The second-order valence-corrected chi connectivity index (χ2v) is 9.23.